The van der Waals surface area contributed by atoms with Gasteiger partial charge >= 0.3 is 0 Å². The van der Waals surface area contributed by atoms with Crippen LogP contribution in [0.1, 0.15) is 23.2 Å². The third kappa shape index (κ3) is 3.38. The summed E-state index contributed by atoms with van der Waals surface area (Å²) in [6, 6.07) is 4.22. The molecule has 0 saturated carbocycles. The predicted molar refractivity (Wildman–Crippen MR) is 79.2 cm³/mol. The molecule has 106 valence electrons. The molecule has 2 aliphatic rings. The van der Waals surface area contributed by atoms with Gasteiger partial charge in [-0.15, -0.1) is 24.8 Å². The normalized spacial score (nSPS) is 24.9. The van der Waals surface area contributed by atoms with Gasteiger partial charge in [0.25, 0.3) is 5.91 Å². The van der Waals surface area contributed by atoms with Crippen molar-refractivity contribution in [2.75, 3.05) is 19.6 Å². The predicted octanol–water partition coefficient (Wildman–Crippen LogP) is 1.75. The zero-order chi connectivity index (χ0) is 11.7. The highest BCUT2D eigenvalue weighted by Gasteiger charge is 2.34. The first kappa shape index (κ1) is 16.2. The number of hydrogen-bond donors (Lipinski definition) is 1. The number of likely N-dealkylation sites (tertiary alicyclic amines) is 1. The molecular formula is C13H19Cl2N3O. The number of piperidine rings is 1. The lowest BCUT2D eigenvalue weighted by Crippen LogP contribution is -2.46. The molecule has 4 nitrogen and oxygen atoms in total. The van der Waals surface area contributed by atoms with Crippen LogP contribution in [0.3, 0.4) is 0 Å². The van der Waals surface area contributed by atoms with E-state index in [1.165, 1.54) is 6.42 Å². The van der Waals surface area contributed by atoms with Crippen LogP contribution in [0.15, 0.2) is 24.5 Å². The zero-order valence-corrected chi connectivity index (χ0v) is 12.3. The summed E-state index contributed by atoms with van der Waals surface area (Å²) in [5.41, 5.74) is 0.754. The molecule has 0 radical (unpaired) electrons. The number of carbonyl (C=O) groups excluding carboxylic acids is 1. The highest BCUT2D eigenvalue weighted by atomic mass is 35.5. The first-order valence-electron chi connectivity index (χ1n) is 6.27. The monoisotopic (exact) mass is 303 g/mol. The standard InChI is InChI=1S/C13H17N3O.2ClH/c17-13(10-1-5-14-6-2-10)16-8-4-12-11(9-16)3-7-15-12;;/h1-2,5-6,11-12,15H,3-4,7-9H2;2*1H. The van der Waals surface area contributed by atoms with Gasteiger partial charge in [0.1, 0.15) is 0 Å². The van der Waals surface area contributed by atoms with Crippen molar-refractivity contribution in [3.8, 4) is 0 Å². The summed E-state index contributed by atoms with van der Waals surface area (Å²) in [5.74, 6) is 0.798. The Bertz CT molecular complexity index is 416. The van der Waals surface area contributed by atoms with E-state index in [0.29, 0.717) is 12.0 Å². The number of aromatic nitrogens is 1. The first-order valence-corrected chi connectivity index (χ1v) is 6.27. The summed E-state index contributed by atoms with van der Waals surface area (Å²) in [4.78, 5) is 18.2. The fourth-order valence-corrected chi connectivity index (χ4v) is 2.91. The molecule has 0 spiro atoms. The van der Waals surface area contributed by atoms with Crippen LogP contribution in [0.5, 0.6) is 0 Å². The van der Waals surface area contributed by atoms with Crippen molar-refractivity contribution >= 4 is 30.7 Å². The van der Waals surface area contributed by atoms with Gasteiger partial charge in [-0.05, 0) is 37.4 Å². The van der Waals surface area contributed by atoms with Gasteiger partial charge in [0.2, 0.25) is 0 Å². The molecule has 1 amide bonds. The van der Waals surface area contributed by atoms with E-state index in [1.807, 2.05) is 4.90 Å². The number of carbonyl (C=O) groups is 1. The Morgan fingerprint density at radius 3 is 2.74 bits per heavy atom. The van der Waals surface area contributed by atoms with Crippen molar-refractivity contribution < 1.29 is 4.79 Å². The molecule has 2 unspecified atom stereocenters. The van der Waals surface area contributed by atoms with Crippen molar-refractivity contribution in [2.45, 2.75) is 18.9 Å². The van der Waals surface area contributed by atoms with Crippen LogP contribution in [0, 0.1) is 5.92 Å². The lowest BCUT2D eigenvalue weighted by atomic mass is 9.93. The molecule has 1 aromatic rings. The molecule has 1 aromatic heterocycles. The average Bonchev–Trinajstić information content (AvgIpc) is 2.86. The van der Waals surface area contributed by atoms with E-state index in [0.717, 1.165) is 31.6 Å². The number of hydrogen-bond acceptors (Lipinski definition) is 3. The molecule has 2 aliphatic heterocycles. The maximum atomic E-state index is 12.3. The molecule has 0 aliphatic carbocycles. The minimum absolute atomic E-state index is 0. The van der Waals surface area contributed by atoms with E-state index in [1.54, 1.807) is 24.5 Å². The maximum Gasteiger partial charge on any atom is 0.253 e. The lowest BCUT2D eigenvalue weighted by Gasteiger charge is -2.34. The van der Waals surface area contributed by atoms with E-state index in [4.69, 9.17) is 0 Å². The van der Waals surface area contributed by atoms with E-state index in [-0.39, 0.29) is 30.7 Å². The van der Waals surface area contributed by atoms with Crippen molar-refractivity contribution in [3.05, 3.63) is 30.1 Å². The van der Waals surface area contributed by atoms with Gasteiger partial charge in [0, 0.05) is 37.1 Å². The molecule has 6 heteroatoms. The highest BCUT2D eigenvalue weighted by Crippen LogP contribution is 2.25. The Morgan fingerprint density at radius 1 is 1.26 bits per heavy atom. The SMILES string of the molecule is Cl.Cl.O=C(c1ccncc1)N1CCC2NCCC2C1. The Morgan fingerprint density at radius 2 is 2.00 bits per heavy atom. The van der Waals surface area contributed by atoms with E-state index in [2.05, 4.69) is 10.3 Å². The smallest absolute Gasteiger partial charge is 0.253 e. The lowest BCUT2D eigenvalue weighted by molar-refractivity contribution is 0.0662. The number of nitrogens with one attached hydrogen (secondary N) is 1. The van der Waals surface area contributed by atoms with Crippen molar-refractivity contribution in [3.63, 3.8) is 0 Å². The number of pyridine rings is 1. The third-order valence-electron chi connectivity index (χ3n) is 3.87. The number of amides is 1. The zero-order valence-electron chi connectivity index (χ0n) is 10.6. The maximum absolute atomic E-state index is 12.3. The Balaban J connectivity index is 0.000000902. The molecule has 3 rings (SSSR count). The van der Waals surface area contributed by atoms with Crippen LogP contribution in [-0.2, 0) is 0 Å². The van der Waals surface area contributed by atoms with Gasteiger partial charge in [-0.1, -0.05) is 0 Å². The summed E-state index contributed by atoms with van der Waals surface area (Å²) in [6.45, 7) is 2.88. The van der Waals surface area contributed by atoms with Gasteiger partial charge in [-0.2, -0.15) is 0 Å². The van der Waals surface area contributed by atoms with Crippen LogP contribution in [-0.4, -0.2) is 41.5 Å². The van der Waals surface area contributed by atoms with Gasteiger partial charge in [0.15, 0.2) is 0 Å². The summed E-state index contributed by atoms with van der Waals surface area (Å²) in [6.07, 6.45) is 5.64. The van der Waals surface area contributed by atoms with E-state index in [9.17, 15) is 4.79 Å². The van der Waals surface area contributed by atoms with Crippen molar-refractivity contribution in [1.82, 2.24) is 15.2 Å². The molecule has 2 saturated heterocycles. The first-order chi connectivity index (χ1) is 8.34. The van der Waals surface area contributed by atoms with E-state index < -0.39 is 0 Å². The van der Waals surface area contributed by atoms with Crippen LogP contribution in [0.4, 0.5) is 0 Å². The van der Waals surface area contributed by atoms with Crippen LogP contribution < -0.4 is 5.32 Å². The van der Waals surface area contributed by atoms with Gasteiger partial charge in [-0.3, -0.25) is 9.78 Å². The quantitative estimate of drug-likeness (QED) is 0.860. The second-order valence-corrected chi connectivity index (χ2v) is 4.89. The van der Waals surface area contributed by atoms with Crippen molar-refractivity contribution in [1.29, 1.82) is 0 Å². The molecular weight excluding hydrogens is 285 g/mol. The number of nitrogens with zero attached hydrogens (tertiary/aromatic N) is 2. The minimum Gasteiger partial charge on any atom is -0.338 e. The highest BCUT2D eigenvalue weighted by molar-refractivity contribution is 5.94. The number of rotatable bonds is 1. The molecule has 1 N–H and O–H groups in total. The molecule has 3 heterocycles. The second-order valence-electron chi connectivity index (χ2n) is 4.89. The molecule has 2 fully saturated rings. The minimum atomic E-state index is 0. The van der Waals surface area contributed by atoms with Gasteiger partial charge in [0.05, 0.1) is 0 Å². The van der Waals surface area contributed by atoms with Crippen LogP contribution in [0.25, 0.3) is 0 Å². The van der Waals surface area contributed by atoms with Gasteiger partial charge in [-0.25, -0.2) is 0 Å². The Labute approximate surface area is 125 Å². The molecule has 2 atom stereocenters. The Kier molecular flexibility index (Phi) is 6.04. The summed E-state index contributed by atoms with van der Waals surface area (Å²) < 4.78 is 0. The average molecular weight is 304 g/mol. The number of fused-ring (bicyclic) bond motifs is 1. The molecule has 0 bridgehead atoms. The second kappa shape index (κ2) is 7.08. The number of halogens is 2. The van der Waals surface area contributed by atoms with E-state index >= 15 is 0 Å². The summed E-state index contributed by atoms with van der Waals surface area (Å²) >= 11 is 0. The topological polar surface area (TPSA) is 45.2 Å². The van der Waals surface area contributed by atoms with Crippen molar-refractivity contribution in [2.24, 2.45) is 5.92 Å². The fraction of sp³-hybridized carbons (Fsp3) is 0.538. The molecule has 0 aromatic carbocycles. The van der Waals surface area contributed by atoms with Gasteiger partial charge < -0.3 is 10.2 Å². The van der Waals surface area contributed by atoms with Crippen LogP contribution in [0.2, 0.25) is 0 Å². The summed E-state index contributed by atoms with van der Waals surface area (Å²) in [7, 11) is 0. The summed E-state index contributed by atoms with van der Waals surface area (Å²) in [5, 5.41) is 3.51. The van der Waals surface area contributed by atoms with Crippen LogP contribution >= 0.6 is 24.8 Å². The third-order valence-corrected chi connectivity index (χ3v) is 3.87. The Hall–Kier alpha value is -0.840. The largest absolute Gasteiger partial charge is 0.338 e. The molecule has 19 heavy (non-hydrogen) atoms. The fourth-order valence-electron chi connectivity index (χ4n) is 2.91.